The minimum absolute atomic E-state index is 0.198. The van der Waals surface area contributed by atoms with Crippen LogP contribution in [0.3, 0.4) is 0 Å². The number of rotatable bonds is 8. The van der Waals surface area contributed by atoms with Gasteiger partial charge >= 0.3 is 5.97 Å². The van der Waals surface area contributed by atoms with E-state index in [4.69, 9.17) is 42.1 Å². The minimum atomic E-state index is -0.610. The maximum atomic E-state index is 12.5. The Balaban J connectivity index is 1.63. The fraction of sp³-hybridized carbons (Fsp3) is 0.125. The van der Waals surface area contributed by atoms with Crippen LogP contribution in [0.2, 0.25) is 10.0 Å². The number of ether oxygens (including phenoxy) is 4. The zero-order chi connectivity index (χ0) is 24.7. The minimum Gasteiger partial charge on any atom is -0.493 e. The first-order valence-corrected chi connectivity index (χ1v) is 10.5. The van der Waals surface area contributed by atoms with Gasteiger partial charge in [0.1, 0.15) is 5.75 Å². The van der Waals surface area contributed by atoms with Crippen molar-refractivity contribution in [1.82, 2.24) is 5.43 Å². The molecular formula is C24H20Cl2N2O6. The van der Waals surface area contributed by atoms with E-state index < -0.39 is 11.9 Å². The third-order valence-electron chi connectivity index (χ3n) is 4.55. The second-order valence-corrected chi connectivity index (χ2v) is 7.54. The highest BCUT2D eigenvalue weighted by Gasteiger charge is 2.17. The van der Waals surface area contributed by atoms with Gasteiger partial charge in [-0.1, -0.05) is 23.2 Å². The molecule has 8 nitrogen and oxygen atoms in total. The number of nitrogens with zero attached hydrogens (tertiary/aromatic N) is 1. The lowest BCUT2D eigenvalue weighted by atomic mass is 10.1. The summed E-state index contributed by atoms with van der Waals surface area (Å²) < 4.78 is 21.1. The van der Waals surface area contributed by atoms with Gasteiger partial charge in [0, 0.05) is 10.6 Å². The predicted octanol–water partition coefficient (Wildman–Crippen LogP) is 5.00. The summed E-state index contributed by atoms with van der Waals surface area (Å²) in [5.41, 5.74) is 3.57. The number of hydrogen-bond donors (Lipinski definition) is 1. The number of halogens is 2. The van der Waals surface area contributed by atoms with Gasteiger partial charge in [-0.15, -0.1) is 0 Å². The van der Waals surface area contributed by atoms with Crippen molar-refractivity contribution in [2.45, 2.75) is 0 Å². The second kappa shape index (κ2) is 11.4. The lowest BCUT2D eigenvalue weighted by Gasteiger charge is -2.13. The molecule has 3 aromatic rings. The van der Waals surface area contributed by atoms with E-state index in [1.165, 1.54) is 51.8 Å². The van der Waals surface area contributed by atoms with E-state index in [0.717, 1.165) is 0 Å². The van der Waals surface area contributed by atoms with E-state index in [9.17, 15) is 9.59 Å². The number of methoxy groups -OCH3 is 3. The molecule has 10 heteroatoms. The van der Waals surface area contributed by atoms with Crippen LogP contribution in [0.25, 0.3) is 0 Å². The lowest BCUT2D eigenvalue weighted by Crippen LogP contribution is -2.18. The third-order valence-corrected chi connectivity index (χ3v) is 5.10. The Morgan fingerprint density at radius 2 is 1.53 bits per heavy atom. The molecule has 0 atom stereocenters. The van der Waals surface area contributed by atoms with Crippen LogP contribution in [0.1, 0.15) is 26.3 Å². The van der Waals surface area contributed by atoms with E-state index in [-0.39, 0.29) is 16.1 Å². The maximum Gasteiger partial charge on any atom is 0.345 e. The first kappa shape index (κ1) is 24.9. The van der Waals surface area contributed by atoms with Crippen molar-refractivity contribution in [3.8, 4) is 23.0 Å². The van der Waals surface area contributed by atoms with E-state index in [2.05, 4.69) is 10.5 Å². The molecule has 0 saturated heterocycles. The number of amides is 1. The number of benzene rings is 3. The van der Waals surface area contributed by atoms with Gasteiger partial charge in [-0.25, -0.2) is 10.2 Å². The Kier molecular flexibility index (Phi) is 8.34. The van der Waals surface area contributed by atoms with Gasteiger partial charge in [-0.3, -0.25) is 4.79 Å². The molecule has 0 aliphatic carbocycles. The highest BCUT2D eigenvalue weighted by atomic mass is 35.5. The van der Waals surface area contributed by atoms with Crippen LogP contribution < -0.4 is 24.4 Å². The normalized spacial score (nSPS) is 10.6. The molecule has 0 spiro atoms. The summed E-state index contributed by atoms with van der Waals surface area (Å²) in [6, 6.07) is 14.0. The molecule has 0 saturated carbocycles. The summed E-state index contributed by atoms with van der Waals surface area (Å²) in [4.78, 5) is 24.8. The molecular weight excluding hydrogens is 483 g/mol. The SMILES string of the molecule is COc1cc(C(=O)N/N=C/c2ccc(OC(=O)c3ccc(Cl)cc3Cl)cc2)cc(OC)c1OC. The quantitative estimate of drug-likeness (QED) is 0.201. The maximum absolute atomic E-state index is 12.5. The van der Waals surface area contributed by atoms with Crippen molar-refractivity contribution in [3.63, 3.8) is 0 Å². The number of carbonyl (C=O) groups excluding carboxylic acids is 2. The first-order valence-electron chi connectivity index (χ1n) is 9.77. The molecule has 3 aromatic carbocycles. The molecule has 1 amide bonds. The van der Waals surface area contributed by atoms with E-state index in [1.54, 1.807) is 30.3 Å². The fourth-order valence-corrected chi connectivity index (χ4v) is 3.37. The van der Waals surface area contributed by atoms with Crippen molar-refractivity contribution >= 4 is 41.3 Å². The monoisotopic (exact) mass is 502 g/mol. The molecule has 0 aliphatic heterocycles. The van der Waals surface area contributed by atoms with E-state index in [0.29, 0.717) is 33.6 Å². The molecule has 0 aromatic heterocycles. The number of nitrogens with one attached hydrogen (secondary N) is 1. The fourth-order valence-electron chi connectivity index (χ4n) is 2.88. The van der Waals surface area contributed by atoms with Crippen LogP contribution in [0.15, 0.2) is 59.7 Å². The summed E-state index contributed by atoms with van der Waals surface area (Å²) in [7, 11) is 4.40. The van der Waals surface area contributed by atoms with Crippen LogP contribution in [-0.4, -0.2) is 39.4 Å². The Morgan fingerprint density at radius 3 is 2.09 bits per heavy atom. The molecule has 1 N–H and O–H groups in total. The standard InChI is InChI=1S/C24H20Cl2N2O6/c1-31-20-10-15(11-21(32-2)22(20)33-3)23(29)28-27-13-14-4-7-17(8-5-14)34-24(30)18-9-6-16(25)12-19(18)26/h4-13H,1-3H3,(H,28,29)/b27-13+. The van der Waals surface area contributed by atoms with Crippen LogP contribution >= 0.6 is 23.2 Å². The predicted molar refractivity (Wildman–Crippen MR) is 129 cm³/mol. The number of esters is 1. The molecule has 34 heavy (non-hydrogen) atoms. The van der Waals surface area contributed by atoms with Gasteiger partial charge in [-0.05, 0) is 60.2 Å². The summed E-state index contributed by atoms with van der Waals surface area (Å²) in [6.07, 6.45) is 1.44. The van der Waals surface area contributed by atoms with Crippen molar-refractivity contribution in [2.24, 2.45) is 5.10 Å². The largest absolute Gasteiger partial charge is 0.493 e. The highest BCUT2D eigenvalue weighted by Crippen LogP contribution is 2.38. The van der Waals surface area contributed by atoms with Crippen molar-refractivity contribution in [3.05, 3.63) is 81.3 Å². The van der Waals surface area contributed by atoms with Gasteiger partial charge in [0.15, 0.2) is 11.5 Å². The van der Waals surface area contributed by atoms with Crippen LogP contribution in [0.4, 0.5) is 0 Å². The summed E-state index contributed by atoms with van der Waals surface area (Å²) in [5, 5.41) is 4.57. The topological polar surface area (TPSA) is 95.5 Å². The molecule has 176 valence electrons. The molecule has 3 rings (SSSR count). The molecule has 0 unspecified atom stereocenters. The molecule has 0 heterocycles. The highest BCUT2D eigenvalue weighted by molar-refractivity contribution is 6.36. The van der Waals surface area contributed by atoms with E-state index in [1.807, 2.05) is 0 Å². The molecule has 0 fully saturated rings. The summed E-state index contributed by atoms with van der Waals surface area (Å²) >= 11 is 11.9. The van der Waals surface area contributed by atoms with Crippen molar-refractivity contribution < 1.29 is 28.5 Å². The number of hydrogen-bond acceptors (Lipinski definition) is 7. The number of carbonyl (C=O) groups is 2. The Bertz CT molecular complexity index is 1200. The zero-order valence-electron chi connectivity index (χ0n) is 18.4. The lowest BCUT2D eigenvalue weighted by molar-refractivity contribution is 0.0734. The van der Waals surface area contributed by atoms with Crippen molar-refractivity contribution in [2.75, 3.05) is 21.3 Å². The van der Waals surface area contributed by atoms with Crippen LogP contribution in [-0.2, 0) is 0 Å². The Labute approximate surface area is 206 Å². The smallest absolute Gasteiger partial charge is 0.345 e. The summed E-state index contributed by atoms with van der Waals surface area (Å²) in [5.74, 6) is 0.308. The number of hydrazone groups is 1. The van der Waals surface area contributed by atoms with Gasteiger partial charge in [-0.2, -0.15) is 5.10 Å². The van der Waals surface area contributed by atoms with E-state index >= 15 is 0 Å². The zero-order valence-corrected chi connectivity index (χ0v) is 19.9. The molecule has 0 bridgehead atoms. The second-order valence-electron chi connectivity index (χ2n) is 6.70. The first-order chi connectivity index (χ1) is 16.4. The average Bonchev–Trinajstić information content (AvgIpc) is 2.83. The molecule has 0 aliphatic rings. The van der Waals surface area contributed by atoms with Gasteiger partial charge in [0.25, 0.3) is 5.91 Å². The average molecular weight is 503 g/mol. The van der Waals surface area contributed by atoms with Gasteiger partial charge in [0.2, 0.25) is 5.75 Å². The van der Waals surface area contributed by atoms with Gasteiger partial charge in [0.05, 0.1) is 38.1 Å². The molecule has 0 radical (unpaired) electrons. The van der Waals surface area contributed by atoms with Crippen LogP contribution in [0.5, 0.6) is 23.0 Å². The van der Waals surface area contributed by atoms with Gasteiger partial charge < -0.3 is 18.9 Å². The third kappa shape index (κ3) is 5.98. The van der Waals surface area contributed by atoms with Crippen molar-refractivity contribution in [1.29, 1.82) is 0 Å². The Morgan fingerprint density at radius 1 is 0.882 bits per heavy atom. The summed E-state index contributed by atoms with van der Waals surface area (Å²) in [6.45, 7) is 0. The van der Waals surface area contributed by atoms with Crippen LogP contribution in [0, 0.1) is 0 Å². The Hall–Kier alpha value is -3.75.